The van der Waals surface area contributed by atoms with Gasteiger partial charge in [0.25, 0.3) is 5.91 Å². The van der Waals surface area contributed by atoms with Crippen molar-refractivity contribution in [2.45, 2.75) is 24.4 Å². The van der Waals surface area contributed by atoms with E-state index in [1.807, 2.05) is 30.0 Å². The number of carbonyl (C=O) groups excluding carboxylic acids is 1. The normalized spacial score (nSPS) is 16.8. The summed E-state index contributed by atoms with van der Waals surface area (Å²) in [4.78, 5) is 24.1. The minimum absolute atomic E-state index is 0.0328. The van der Waals surface area contributed by atoms with Crippen molar-refractivity contribution in [2.24, 2.45) is 0 Å². The van der Waals surface area contributed by atoms with Crippen molar-refractivity contribution in [2.75, 3.05) is 6.54 Å². The molecular weight excluding hydrogens is 414 g/mol. The molecule has 31 heavy (non-hydrogen) atoms. The van der Waals surface area contributed by atoms with E-state index in [-0.39, 0.29) is 22.7 Å². The Morgan fingerprint density at radius 3 is 2.74 bits per heavy atom. The Hall–Kier alpha value is -3.43. The van der Waals surface area contributed by atoms with Crippen molar-refractivity contribution in [1.82, 2.24) is 24.5 Å². The molecule has 0 bridgehead atoms. The van der Waals surface area contributed by atoms with E-state index in [2.05, 4.69) is 27.2 Å². The third-order valence-corrected chi connectivity index (χ3v) is 6.14. The van der Waals surface area contributed by atoms with Crippen LogP contribution in [0.5, 0.6) is 0 Å². The van der Waals surface area contributed by atoms with Crippen LogP contribution in [0.4, 0.5) is 0 Å². The lowest BCUT2D eigenvalue weighted by molar-refractivity contribution is 0.0672. The van der Waals surface area contributed by atoms with Crippen LogP contribution in [0, 0.1) is 0 Å². The van der Waals surface area contributed by atoms with E-state index in [9.17, 15) is 13.6 Å². The first kappa shape index (κ1) is 19.5. The summed E-state index contributed by atoms with van der Waals surface area (Å²) in [5.41, 5.74) is 4.05. The molecule has 4 aromatic rings. The van der Waals surface area contributed by atoms with Crippen molar-refractivity contribution < 1.29 is 13.6 Å². The number of hydrogen-bond donors (Lipinski definition) is 1. The number of amides is 1. The molecule has 0 radical (unpaired) electrons. The van der Waals surface area contributed by atoms with Gasteiger partial charge in [-0.15, -0.1) is 0 Å². The summed E-state index contributed by atoms with van der Waals surface area (Å²) < 4.78 is 22.5. The van der Waals surface area contributed by atoms with Crippen LogP contribution in [-0.4, -0.2) is 45.7 Å². The van der Waals surface area contributed by atoms with Gasteiger partial charge in [-0.3, -0.25) is 9.78 Å². The van der Waals surface area contributed by atoms with Gasteiger partial charge < -0.3 is 9.45 Å². The summed E-state index contributed by atoms with van der Waals surface area (Å²) >= 11 is -2.27. The lowest BCUT2D eigenvalue weighted by atomic mass is 9.93. The highest BCUT2D eigenvalue weighted by Crippen LogP contribution is 2.31. The lowest BCUT2D eigenvalue weighted by Gasteiger charge is -2.35. The fraction of sp³-hybridized carbons (Fsp3) is 0.182. The minimum atomic E-state index is -2.27. The van der Waals surface area contributed by atoms with E-state index >= 15 is 0 Å². The molecule has 1 aliphatic heterocycles. The van der Waals surface area contributed by atoms with Gasteiger partial charge in [-0.2, -0.15) is 5.10 Å². The molecule has 3 aromatic heterocycles. The maximum absolute atomic E-state index is 13.5. The van der Waals surface area contributed by atoms with E-state index in [1.54, 1.807) is 24.4 Å². The zero-order valence-corrected chi connectivity index (χ0v) is 17.5. The summed E-state index contributed by atoms with van der Waals surface area (Å²) in [5.74, 6) is -0.199. The molecule has 0 fully saturated rings. The molecular formula is C22H19N5O3S. The molecule has 1 amide bonds. The molecule has 1 unspecified atom stereocenters. The van der Waals surface area contributed by atoms with E-state index in [4.69, 9.17) is 0 Å². The van der Waals surface area contributed by atoms with E-state index in [1.165, 1.54) is 16.1 Å². The van der Waals surface area contributed by atoms with Crippen LogP contribution in [0.3, 0.4) is 0 Å². The van der Waals surface area contributed by atoms with Gasteiger partial charge in [-0.25, -0.2) is 13.7 Å². The Morgan fingerprint density at radius 2 is 1.97 bits per heavy atom. The van der Waals surface area contributed by atoms with Gasteiger partial charge in [-0.05, 0) is 42.7 Å². The number of benzene rings is 1. The number of fused-ring (bicyclic) bond motifs is 2. The van der Waals surface area contributed by atoms with Gasteiger partial charge >= 0.3 is 0 Å². The smallest absolute Gasteiger partial charge is 0.273 e. The van der Waals surface area contributed by atoms with Crippen LogP contribution in [0.25, 0.3) is 17.0 Å². The Kier molecular flexibility index (Phi) is 4.84. The summed E-state index contributed by atoms with van der Waals surface area (Å²) in [6, 6.07) is 16.5. The molecule has 0 aliphatic carbocycles. The molecule has 0 saturated heterocycles. The molecule has 0 spiro atoms. The number of hydrogen-bond acceptors (Lipinski definition) is 5. The van der Waals surface area contributed by atoms with Crippen molar-refractivity contribution in [3.8, 4) is 11.4 Å². The van der Waals surface area contributed by atoms with E-state index in [0.29, 0.717) is 23.6 Å². The predicted molar refractivity (Wildman–Crippen MR) is 115 cm³/mol. The lowest BCUT2D eigenvalue weighted by Crippen LogP contribution is -2.39. The first-order valence-electron chi connectivity index (χ1n) is 9.85. The van der Waals surface area contributed by atoms with E-state index in [0.717, 1.165) is 12.0 Å². The highest BCUT2D eigenvalue weighted by molar-refractivity contribution is 7.79. The predicted octanol–water partition coefficient (Wildman–Crippen LogP) is 3.13. The first-order chi connectivity index (χ1) is 15.0. The Balaban J connectivity index is 1.62. The van der Waals surface area contributed by atoms with Gasteiger partial charge in [0.1, 0.15) is 5.69 Å². The molecule has 4 heterocycles. The largest absolute Gasteiger partial charge is 0.330 e. The van der Waals surface area contributed by atoms with Crippen molar-refractivity contribution >= 4 is 22.6 Å². The topological polar surface area (TPSA) is 101 Å². The quantitative estimate of drug-likeness (QED) is 0.498. The summed E-state index contributed by atoms with van der Waals surface area (Å²) in [7, 11) is 0. The Morgan fingerprint density at radius 1 is 1.16 bits per heavy atom. The van der Waals surface area contributed by atoms with Crippen molar-refractivity contribution in [3.63, 3.8) is 0 Å². The van der Waals surface area contributed by atoms with Gasteiger partial charge in [0.2, 0.25) is 11.1 Å². The average molecular weight is 433 g/mol. The highest BCUT2D eigenvalue weighted by Gasteiger charge is 2.29. The number of carbonyl (C=O) groups is 1. The number of pyridine rings is 1. The molecule has 9 heteroatoms. The molecule has 1 N–H and O–H groups in total. The monoisotopic (exact) mass is 433 g/mol. The van der Waals surface area contributed by atoms with Gasteiger partial charge in [0, 0.05) is 18.8 Å². The first-order valence-corrected chi connectivity index (χ1v) is 11.0. The van der Waals surface area contributed by atoms with Crippen LogP contribution in [-0.2, 0) is 17.5 Å². The van der Waals surface area contributed by atoms with E-state index < -0.39 is 11.1 Å². The van der Waals surface area contributed by atoms with Crippen molar-refractivity contribution in [1.29, 1.82) is 0 Å². The van der Waals surface area contributed by atoms with Gasteiger partial charge in [-0.1, -0.05) is 30.3 Å². The minimum Gasteiger partial charge on any atom is -0.330 e. The molecule has 156 valence electrons. The summed E-state index contributed by atoms with van der Waals surface area (Å²) in [5, 5.41) is 4.15. The number of nitrogens with zero attached hydrogens (tertiary/aromatic N) is 5. The van der Waals surface area contributed by atoms with Gasteiger partial charge in [0.05, 0.1) is 17.4 Å². The SMILES string of the molecule is C[C@@H]1c2ccccc2CCN1C(=O)c1cc(-c2ccccn2)n2nc(S(=O)O)cc2n1. The summed E-state index contributed by atoms with van der Waals surface area (Å²) in [6.45, 7) is 2.61. The fourth-order valence-electron chi connectivity index (χ4n) is 4.04. The standard InChI is InChI=1S/C22H19N5O3S/c1-14-16-7-3-2-6-15(16)9-11-26(14)22(28)18-12-19(17-8-4-5-10-23-17)27-20(24-18)13-21(25-27)31(29)30/h2-8,10,12-14H,9,11H2,1H3,(H,29,30)/t14-/m1/s1. The van der Waals surface area contributed by atoms with Crippen LogP contribution < -0.4 is 0 Å². The second kappa shape index (κ2) is 7.68. The fourth-order valence-corrected chi connectivity index (χ4v) is 4.40. The third-order valence-electron chi connectivity index (χ3n) is 5.59. The second-order valence-electron chi connectivity index (χ2n) is 7.37. The number of aromatic nitrogens is 4. The highest BCUT2D eigenvalue weighted by atomic mass is 32.2. The van der Waals surface area contributed by atoms with Gasteiger partial charge in [0.15, 0.2) is 10.7 Å². The zero-order chi connectivity index (χ0) is 21.5. The molecule has 5 rings (SSSR count). The molecule has 8 nitrogen and oxygen atoms in total. The number of rotatable bonds is 3. The molecule has 2 atom stereocenters. The second-order valence-corrected chi connectivity index (χ2v) is 8.28. The van der Waals surface area contributed by atoms with Crippen LogP contribution >= 0.6 is 0 Å². The van der Waals surface area contributed by atoms with Crippen molar-refractivity contribution in [3.05, 3.63) is 77.6 Å². The maximum atomic E-state index is 13.5. The molecule has 1 aromatic carbocycles. The van der Waals surface area contributed by atoms with Crippen LogP contribution in [0.1, 0.15) is 34.6 Å². The maximum Gasteiger partial charge on any atom is 0.273 e. The van der Waals surface area contributed by atoms with Crippen LogP contribution in [0.2, 0.25) is 0 Å². The Bertz CT molecular complexity index is 1320. The summed E-state index contributed by atoms with van der Waals surface area (Å²) in [6.07, 6.45) is 2.42. The third kappa shape index (κ3) is 3.41. The molecule has 0 saturated carbocycles. The molecule has 1 aliphatic rings. The zero-order valence-electron chi connectivity index (χ0n) is 16.7. The average Bonchev–Trinajstić information content (AvgIpc) is 3.24. The van der Waals surface area contributed by atoms with Crippen LogP contribution in [0.15, 0.2) is 65.8 Å². The Labute approximate surface area is 180 Å².